The highest BCUT2D eigenvalue weighted by molar-refractivity contribution is 7.12. The number of nitrogens with two attached hydrogens (primary N) is 1. The molecule has 22 heavy (non-hydrogen) atoms. The fraction of sp³-hybridized carbons (Fsp3) is 0.200. The molecule has 2 aromatic rings. The molecule has 0 saturated heterocycles. The molecule has 0 unspecified atom stereocenters. The summed E-state index contributed by atoms with van der Waals surface area (Å²) in [5, 5.41) is 8.15. The Bertz CT molecular complexity index is 671. The number of carbonyl (C=O) groups excluding carboxylic acids is 1. The van der Waals surface area contributed by atoms with E-state index in [0.29, 0.717) is 11.1 Å². The number of nitrogens with one attached hydrogen (secondary N) is 1. The fourth-order valence-electron chi connectivity index (χ4n) is 1.63. The quantitative estimate of drug-likeness (QED) is 0.486. The third-order valence-corrected chi connectivity index (χ3v) is 3.75. The molecule has 0 aliphatic rings. The van der Waals surface area contributed by atoms with Gasteiger partial charge in [0.05, 0.1) is 4.88 Å². The molecular formula is C15H16FN3O2S. The van der Waals surface area contributed by atoms with Crippen LogP contribution in [0.4, 0.5) is 4.39 Å². The number of amidine groups is 1. The molecule has 1 heterocycles. The van der Waals surface area contributed by atoms with E-state index in [0.717, 1.165) is 4.88 Å². The van der Waals surface area contributed by atoms with Crippen molar-refractivity contribution in [1.82, 2.24) is 5.32 Å². The molecule has 0 spiro atoms. The molecule has 0 saturated carbocycles. The Balaban J connectivity index is 1.76. The molecule has 1 aromatic heterocycles. The van der Waals surface area contributed by atoms with E-state index in [-0.39, 0.29) is 30.7 Å². The molecule has 116 valence electrons. The lowest BCUT2D eigenvalue weighted by atomic mass is 10.1. The van der Waals surface area contributed by atoms with Crippen LogP contribution in [0.15, 0.2) is 40.9 Å². The minimum Gasteiger partial charge on any atom is -0.384 e. The number of thiophene rings is 1. The van der Waals surface area contributed by atoms with Crippen LogP contribution in [0, 0.1) is 12.7 Å². The smallest absolute Gasteiger partial charge is 0.261 e. The summed E-state index contributed by atoms with van der Waals surface area (Å²) in [6.45, 7) is 1.66. The summed E-state index contributed by atoms with van der Waals surface area (Å²) < 4.78 is 13.4. The number of halogens is 1. The number of nitrogens with zero attached hydrogens (tertiary/aromatic N) is 1. The van der Waals surface area contributed by atoms with E-state index < -0.39 is 0 Å². The van der Waals surface area contributed by atoms with Gasteiger partial charge in [-0.1, -0.05) is 23.4 Å². The topological polar surface area (TPSA) is 76.7 Å². The summed E-state index contributed by atoms with van der Waals surface area (Å²) in [5.41, 5.74) is 6.93. The van der Waals surface area contributed by atoms with Crippen LogP contribution in [0.25, 0.3) is 0 Å². The normalized spacial score (nSPS) is 11.3. The van der Waals surface area contributed by atoms with Gasteiger partial charge < -0.3 is 15.9 Å². The molecule has 0 radical (unpaired) electrons. The molecular weight excluding hydrogens is 305 g/mol. The lowest BCUT2D eigenvalue weighted by Crippen LogP contribution is -2.27. The zero-order valence-corrected chi connectivity index (χ0v) is 12.8. The van der Waals surface area contributed by atoms with Gasteiger partial charge in [-0.15, -0.1) is 11.3 Å². The number of carbonyl (C=O) groups is 1. The van der Waals surface area contributed by atoms with Gasteiger partial charge in [0, 0.05) is 6.54 Å². The Morgan fingerprint density at radius 3 is 2.95 bits per heavy atom. The summed E-state index contributed by atoms with van der Waals surface area (Å²) in [5.74, 6) is -0.427. The summed E-state index contributed by atoms with van der Waals surface area (Å²) in [6, 6.07) is 8.46. The van der Waals surface area contributed by atoms with Crippen LogP contribution in [0.2, 0.25) is 0 Å². The number of aryl methyl sites for hydroxylation is 1. The predicted molar refractivity (Wildman–Crippen MR) is 84.0 cm³/mol. The van der Waals surface area contributed by atoms with E-state index in [2.05, 4.69) is 10.5 Å². The van der Waals surface area contributed by atoms with E-state index in [1.54, 1.807) is 25.1 Å². The molecule has 0 aliphatic carbocycles. The highest BCUT2D eigenvalue weighted by Gasteiger charge is 2.05. The summed E-state index contributed by atoms with van der Waals surface area (Å²) >= 11 is 1.43. The number of hydrogen-bond acceptors (Lipinski definition) is 4. The van der Waals surface area contributed by atoms with Crippen molar-refractivity contribution < 1.29 is 14.0 Å². The molecule has 1 amide bonds. The van der Waals surface area contributed by atoms with Crippen molar-refractivity contribution in [2.75, 3.05) is 6.61 Å². The zero-order valence-electron chi connectivity index (χ0n) is 12.0. The van der Waals surface area contributed by atoms with Crippen LogP contribution in [0.1, 0.15) is 16.0 Å². The molecule has 5 nitrogen and oxygen atoms in total. The van der Waals surface area contributed by atoms with E-state index in [1.807, 2.05) is 11.4 Å². The van der Waals surface area contributed by atoms with Crippen LogP contribution >= 0.6 is 11.3 Å². The minimum atomic E-state index is -0.358. The monoisotopic (exact) mass is 321 g/mol. The standard InChI is InChI=1S/C15H16FN3O2S/c1-10-4-5-11(7-12(10)16)8-18-14(20)9-21-19-15(17)13-3-2-6-22-13/h2-7H,8-9H2,1H3,(H2,17,19)(H,18,20). The van der Waals surface area contributed by atoms with Crippen molar-refractivity contribution in [2.24, 2.45) is 10.9 Å². The fourth-order valence-corrected chi connectivity index (χ4v) is 2.25. The van der Waals surface area contributed by atoms with E-state index in [9.17, 15) is 9.18 Å². The van der Waals surface area contributed by atoms with Gasteiger partial charge in [-0.3, -0.25) is 4.79 Å². The van der Waals surface area contributed by atoms with Crippen LogP contribution in [0.5, 0.6) is 0 Å². The van der Waals surface area contributed by atoms with Crippen molar-refractivity contribution in [3.63, 3.8) is 0 Å². The third kappa shape index (κ3) is 4.56. The molecule has 3 N–H and O–H groups in total. The summed E-state index contributed by atoms with van der Waals surface area (Å²) in [6.07, 6.45) is 0. The van der Waals surface area contributed by atoms with Crippen molar-refractivity contribution >= 4 is 23.1 Å². The van der Waals surface area contributed by atoms with Gasteiger partial charge in [0.1, 0.15) is 5.82 Å². The van der Waals surface area contributed by atoms with Crippen molar-refractivity contribution in [1.29, 1.82) is 0 Å². The van der Waals surface area contributed by atoms with Crippen LogP contribution in [-0.2, 0) is 16.2 Å². The third-order valence-electron chi connectivity index (χ3n) is 2.86. The average Bonchev–Trinajstić information content (AvgIpc) is 3.03. The second-order valence-electron chi connectivity index (χ2n) is 4.59. The maximum atomic E-state index is 13.4. The maximum absolute atomic E-state index is 13.4. The number of benzene rings is 1. The molecule has 7 heteroatoms. The van der Waals surface area contributed by atoms with Gasteiger partial charge in [0.25, 0.3) is 5.91 Å². The lowest BCUT2D eigenvalue weighted by Gasteiger charge is -2.06. The first-order chi connectivity index (χ1) is 10.6. The average molecular weight is 321 g/mol. The molecule has 1 aromatic carbocycles. The van der Waals surface area contributed by atoms with Gasteiger partial charge in [-0.25, -0.2) is 4.39 Å². The zero-order chi connectivity index (χ0) is 15.9. The van der Waals surface area contributed by atoms with Gasteiger partial charge in [0.2, 0.25) is 0 Å². The summed E-state index contributed by atoms with van der Waals surface area (Å²) in [4.78, 5) is 17.3. The lowest BCUT2D eigenvalue weighted by molar-refractivity contribution is -0.125. The first-order valence-electron chi connectivity index (χ1n) is 6.57. The van der Waals surface area contributed by atoms with Crippen molar-refractivity contribution in [3.05, 3.63) is 57.5 Å². The van der Waals surface area contributed by atoms with Crippen LogP contribution < -0.4 is 11.1 Å². The number of amides is 1. The molecule has 0 atom stereocenters. The van der Waals surface area contributed by atoms with Gasteiger partial charge in [-0.05, 0) is 35.6 Å². The van der Waals surface area contributed by atoms with E-state index >= 15 is 0 Å². The molecule has 0 bridgehead atoms. The first-order valence-corrected chi connectivity index (χ1v) is 7.45. The SMILES string of the molecule is Cc1ccc(CNC(=O)CO/N=C(\N)c2cccs2)cc1F. The van der Waals surface area contributed by atoms with Gasteiger partial charge in [-0.2, -0.15) is 0 Å². The van der Waals surface area contributed by atoms with Crippen molar-refractivity contribution in [2.45, 2.75) is 13.5 Å². The number of rotatable bonds is 6. The van der Waals surface area contributed by atoms with Gasteiger partial charge >= 0.3 is 0 Å². The Labute approximate surface area is 131 Å². The second-order valence-corrected chi connectivity index (χ2v) is 5.54. The van der Waals surface area contributed by atoms with Crippen LogP contribution in [-0.4, -0.2) is 18.3 Å². The predicted octanol–water partition coefficient (Wildman–Crippen LogP) is 2.15. The summed E-state index contributed by atoms with van der Waals surface area (Å²) in [7, 11) is 0. The van der Waals surface area contributed by atoms with E-state index in [1.165, 1.54) is 17.4 Å². The van der Waals surface area contributed by atoms with E-state index in [4.69, 9.17) is 10.6 Å². The number of oxime groups is 1. The molecule has 0 fully saturated rings. The molecule has 2 rings (SSSR count). The number of hydrogen-bond donors (Lipinski definition) is 2. The van der Waals surface area contributed by atoms with Crippen LogP contribution in [0.3, 0.4) is 0 Å². The molecule has 0 aliphatic heterocycles. The second kappa shape index (κ2) is 7.56. The Morgan fingerprint density at radius 1 is 1.45 bits per heavy atom. The Hall–Kier alpha value is -2.41. The Morgan fingerprint density at radius 2 is 2.27 bits per heavy atom. The van der Waals surface area contributed by atoms with Crippen molar-refractivity contribution in [3.8, 4) is 0 Å². The maximum Gasteiger partial charge on any atom is 0.261 e. The Kier molecular flexibility index (Phi) is 5.48. The van der Waals surface area contributed by atoms with Gasteiger partial charge in [0.15, 0.2) is 12.4 Å². The largest absolute Gasteiger partial charge is 0.384 e. The first kappa shape index (κ1) is 16.0. The highest BCUT2D eigenvalue weighted by atomic mass is 32.1. The minimum absolute atomic E-state index is 0.225. The highest BCUT2D eigenvalue weighted by Crippen LogP contribution is 2.09.